The Hall–Kier alpha value is -0.0800. The SMILES string of the molecule is CCNC(=NCCN1CCOCC1)NC(C)CCC(C)C.I. The van der Waals surface area contributed by atoms with Crippen molar-refractivity contribution in [2.75, 3.05) is 45.9 Å². The number of ether oxygens (including phenoxy) is 1. The molecule has 0 aromatic heterocycles. The fourth-order valence-electron chi connectivity index (χ4n) is 2.34. The molecule has 1 saturated heterocycles. The van der Waals surface area contributed by atoms with Crippen LogP contribution in [0, 0.1) is 5.92 Å². The van der Waals surface area contributed by atoms with Gasteiger partial charge in [0.2, 0.25) is 0 Å². The highest BCUT2D eigenvalue weighted by atomic mass is 127. The van der Waals surface area contributed by atoms with Gasteiger partial charge in [-0.2, -0.15) is 0 Å². The first-order valence-corrected chi connectivity index (χ1v) is 8.46. The molecule has 1 rings (SSSR count). The number of aliphatic imine (C=N–C) groups is 1. The van der Waals surface area contributed by atoms with E-state index in [-0.39, 0.29) is 24.0 Å². The van der Waals surface area contributed by atoms with Gasteiger partial charge in [-0.3, -0.25) is 9.89 Å². The summed E-state index contributed by atoms with van der Waals surface area (Å²) < 4.78 is 5.36. The number of halogens is 1. The van der Waals surface area contributed by atoms with Gasteiger partial charge >= 0.3 is 0 Å². The highest BCUT2D eigenvalue weighted by molar-refractivity contribution is 14.0. The number of hydrogen-bond acceptors (Lipinski definition) is 3. The van der Waals surface area contributed by atoms with E-state index in [0.29, 0.717) is 6.04 Å². The third-order valence-electron chi connectivity index (χ3n) is 3.69. The van der Waals surface area contributed by atoms with E-state index in [0.717, 1.165) is 57.8 Å². The second kappa shape index (κ2) is 13.4. The Labute approximate surface area is 153 Å². The van der Waals surface area contributed by atoms with Crippen LogP contribution in [0.1, 0.15) is 40.5 Å². The van der Waals surface area contributed by atoms with Crippen LogP contribution in [0.3, 0.4) is 0 Å². The van der Waals surface area contributed by atoms with E-state index in [4.69, 9.17) is 4.74 Å². The Balaban J connectivity index is 0.00000441. The smallest absolute Gasteiger partial charge is 0.191 e. The van der Waals surface area contributed by atoms with Crippen LogP contribution in [0.4, 0.5) is 0 Å². The average Bonchev–Trinajstić information content (AvgIpc) is 2.46. The van der Waals surface area contributed by atoms with Gasteiger partial charge in [0.15, 0.2) is 5.96 Å². The molecule has 1 aliphatic heterocycles. The first-order valence-electron chi connectivity index (χ1n) is 8.46. The summed E-state index contributed by atoms with van der Waals surface area (Å²) in [4.78, 5) is 7.10. The summed E-state index contributed by atoms with van der Waals surface area (Å²) in [6, 6.07) is 0.466. The molecule has 1 heterocycles. The van der Waals surface area contributed by atoms with E-state index >= 15 is 0 Å². The van der Waals surface area contributed by atoms with Crippen LogP contribution in [-0.4, -0.2) is 62.8 Å². The van der Waals surface area contributed by atoms with Gasteiger partial charge in [-0.15, -0.1) is 24.0 Å². The number of nitrogens with one attached hydrogen (secondary N) is 2. The molecule has 5 nitrogen and oxygen atoms in total. The standard InChI is InChI=1S/C16H34N4O.HI/c1-5-17-16(19-15(4)7-6-14(2)3)18-8-9-20-10-12-21-13-11-20;/h14-15H,5-13H2,1-4H3,(H2,17,18,19);1H. The average molecular weight is 426 g/mol. The van der Waals surface area contributed by atoms with Crippen molar-refractivity contribution in [1.82, 2.24) is 15.5 Å². The molecule has 0 amide bonds. The minimum Gasteiger partial charge on any atom is -0.379 e. The summed E-state index contributed by atoms with van der Waals surface area (Å²) in [5.74, 6) is 1.71. The summed E-state index contributed by atoms with van der Waals surface area (Å²) in [6.45, 7) is 15.4. The molecule has 2 N–H and O–H groups in total. The normalized spacial score (nSPS) is 18.0. The van der Waals surface area contributed by atoms with Crippen molar-refractivity contribution < 1.29 is 4.74 Å². The van der Waals surface area contributed by atoms with E-state index < -0.39 is 0 Å². The van der Waals surface area contributed by atoms with Gasteiger partial charge in [0, 0.05) is 32.2 Å². The van der Waals surface area contributed by atoms with Gasteiger partial charge in [0.25, 0.3) is 0 Å². The van der Waals surface area contributed by atoms with Gasteiger partial charge in [-0.1, -0.05) is 13.8 Å². The van der Waals surface area contributed by atoms with Crippen LogP contribution >= 0.6 is 24.0 Å². The molecule has 0 bridgehead atoms. The maximum atomic E-state index is 5.36. The highest BCUT2D eigenvalue weighted by Gasteiger charge is 2.10. The first kappa shape index (κ1) is 21.9. The quantitative estimate of drug-likeness (QED) is 0.355. The van der Waals surface area contributed by atoms with E-state index in [2.05, 4.69) is 48.2 Å². The predicted molar refractivity (Wildman–Crippen MR) is 105 cm³/mol. The monoisotopic (exact) mass is 426 g/mol. The second-order valence-corrected chi connectivity index (χ2v) is 6.23. The maximum absolute atomic E-state index is 5.36. The fraction of sp³-hybridized carbons (Fsp3) is 0.938. The summed E-state index contributed by atoms with van der Waals surface area (Å²) in [5.41, 5.74) is 0. The van der Waals surface area contributed by atoms with Crippen molar-refractivity contribution >= 4 is 29.9 Å². The topological polar surface area (TPSA) is 48.9 Å². The number of morpholine rings is 1. The van der Waals surface area contributed by atoms with Crippen molar-refractivity contribution in [3.05, 3.63) is 0 Å². The molecule has 0 aromatic carbocycles. The third-order valence-corrected chi connectivity index (χ3v) is 3.69. The molecule has 1 atom stereocenters. The minimum absolute atomic E-state index is 0. The van der Waals surface area contributed by atoms with Crippen molar-refractivity contribution in [1.29, 1.82) is 0 Å². The van der Waals surface area contributed by atoms with Gasteiger partial charge in [-0.25, -0.2) is 0 Å². The lowest BCUT2D eigenvalue weighted by Gasteiger charge is -2.26. The predicted octanol–water partition coefficient (Wildman–Crippen LogP) is 2.32. The van der Waals surface area contributed by atoms with Crippen molar-refractivity contribution in [3.63, 3.8) is 0 Å². The van der Waals surface area contributed by atoms with E-state index in [1.807, 2.05) is 0 Å². The molecule has 1 fully saturated rings. The Morgan fingerprint density at radius 2 is 1.86 bits per heavy atom. The van der Waals surface area contributed by atoms with Gasteiger partial charge in [0.05, 0.1) is 19.8 Å². The summed E-state index contributed by atoms with van der Waals surface area (Å²) in [5, 5.41) is 6.84. The lowest BCUT2D eigenvalue weighted by Crippen LogP contribution is -2.43. The molecule has 0 aliphatic carbocycles. The number of hydrogen-bond donors (Lipinski definition) is 2. The van der Waals surface area contributed by atoms with Crippen LogP contribution in [-0.2, 0) is 4.74 Å². The van der Waals surface area contributed by atoms with Gasteiger partial charge in [0.1, 0.15) is 0 Å². The molecule has 6 heteroatoms. The maximum Gasteiger partial charge on any atom is 0.191 e. The number of guanidine groups is 1. The molecule has 0 spiro atoms. The van der Waals surface area contributed by atoms with Crippen molar-refractivity contribution in [3.8, 4) is 0 Å². The Morgan fingerprint density at radius 1 is 1.18 bits per heavy atom. The largest absolute Gasteiger partial charge is 0.379 e. The molecular formula is C16H35IN4O. The molecule has 0 aromatic rings. The second-order valence-electron chi connectivity index (χ2n) is 6.23. The molecular weight excluding hydrogens is 391 g/mol. The third kappa shape index (κ3) is 10.6. The lowest BCUT2D eigenvalue weighted by molar-refractivity contribution is 0.0394. The first-order chi connectivity index (χ1) is 10.1. The minimum atomic E-state index is 0. The summed E-state index contributed by atoms with van der Waals surface area (Å²) in [6.07, 6.45) is 2.44. The Kier molecular flexibility index (Phi) is 13.3. The van der Waals surface area contributed by atoms with Crippen LogP contribution in [0.2, 0.25) is 0 Å². The molecule has 0 saturated carbocycles. The molecule has 0 radical (unpaired) electrons. The lowest BCUT2D eigenvalue weighted by atomic mass is 10.0. The van der Waals surface area contributed by atoms with Crippen LogP contribution < -0.4 is 10.6 Å². The van der Waals surface area contributed by atoms with Crippen LogP contribution in [0.5, 0.6) is 0 Å². The Morgan fingerprint density at radius 3 is 2.45 bits per heavy atom. The zero-order valence-electron chi connectivity index (χ0n) is 14.7. The fourth-order valence-corrected chi connectivity index (χ4v) is 2.34. The van der Waals surface area contributed by atoms with Crippen molar-refractivity contribution in [2.24, 2.45) is 10.9 Å². The van der Waals surface area contributed by atoms with Crippen LogP contribution in [0.15, 0.2) is 4.99 Å². The molecule has 1 unspecified atom stereocenters. The molecule has 22 heavy (non-hydrogen) atoms. The number of nitrogens with zero attached hydrogens (tertiary/aromatic N) is 2. The van der Waals surface area contributed by atoms with E-state index in [9.17, 15) is 0 Å². The molecule has 1 aliphatic rings. The van der Waals surface area contributed by atoms with Gasteiger partial charge in [-0.05, 0) is 32.6 Å². The summed E-state index contributed by atoms with van der Waals surface area (Å²) in [7, 11) is 0. The highest BCUT2D eigenvalue weighted by Crippen LogP contribution is 2.06. The zero-order valence-corrected chi connectivity index (χ0v) is 17.1. The summed E-state index contributed by atoms with van der Waals surface area (Å²) >= 11 is 0. The molecule has 132 valence electrons. The van der Waals surface area contributed by atoms with Crippen LogP contribution in [0.25, 0.3) is 0 Å². The van der Waals surface area contributed by atoms with Crippen molar-refractivity contribution in [2.45, 2.75) is 46.6 Å². The van der Waals surface area contributed by atoms with E-state index in [1.54, 1.807) is 0 Å². The van der Waals surface area contributed by atoms with E-state index in [1.165, 1.54) is 12.8 Å². The number of rotatable bonds is 8. The van der Waals surface area contributed by atoms with Gasteiger partial charge < -0.3 is 15.4 Å². The Bertz CT molecular complexity index is 294. The zero-order chi connectivity index (χ0) is 15.5.